The predicted octanol–water partition coefficient (Wildman–Crippen LogP) is 3.77. The van der Waals surface area contributed by atoms with Gasteiger partial charge in [-0.1, -0.05) is 30.3 Å². The lowest BCUT2D eigenvalue weighted by Crippen LogP contribution is -2.34. The van der Waals surface area contributed by atoms with Crippen LogP contribution in [0.1, 0.15) is 16.8 Å². The fourth-order valence-corrected chi connectivity index (χ4v) is 3.34. The number of hydrogen-bond acceptors (Lipinski definition) is 2. The third-order valence-corrected chi connectivity index (χ3v) is 4.73. The van der Waals surface area contributed by atoms with Crippen LogP contribution in [-0.2, 0) is 17.8 Å². The van der Waals surface area contributed by atoms with Gasteiger partial charge in [0.15, 0.2) is 0 Å². The molecule has 0 atom stereocenters. The highest BCUT2D eigenvalue weighted by Gasteiger charge is 2.22. The number of hydrogen-bond donors (Lipinski definition) is 1. The number of aromatic nitrogens is 1. The van der Waals surface area contributed by atoms with Crippen molar-refractivity contribution in [3.8, 4) is 5.75 Å². The van der Waals surface area contributed by atoms with E-state index >= 15 is 0 Å². The van der Waals surface area contributed by atoms with Gasteiger partial charge in [-0.3, -0.25) is 4.79 Å². The Hall–Kier alpha value is -3.01. The quantitative estimate of drug-likeness (QED) is 0.742. The van der Waals surface area contributed by atoms with Gasteiger partial charge in [-0.2, -0.15) is 0 Å². The summed E-state index contributed by atoms with van der Waals surface area (Å²) in [4.78, 5) is 17.9. The molecule has 126 valence electrons. The maximum Gasteiger partial charge on any atom is 0.246 e. The Balaban J connectivity index is 1.50. The molecule has 0 unspecified atom stereocenters. The van der Waals surface area contributed by atoms with Gasteiger partial charge < -0.3 is 14.6 Å². The zero-order chi connectivity index (χ0) is 17.2. The van der Waals surface area contributed by atoms with E-state index in [9.17, 15) is 4.79 Å². The topological polar surface area (TPSA) is 45.3 Å². The monoisotopic (exact) mass is 332 g/mol. The minimum atomic E-state index is 0.0479. The van der Waals surface area contributed by atoms with Crippen molar-refractivity contribution in [2.24, 2.45) is 0 Å². The molecule has 2 aromatic carbocycles. The number of amides is 1. The number of nitrogens with zero attached hydrogens (tertiary/aromatic N) is 1. The van der Waals surface area contributed by atoms with E-state index in [0.29, 0.717) is 6.54 Å². The summed E-state index contributed by atoms with van der Waals surface area (Å²) in [6.07, 6.45) is 4.38. The Morgan fingerprint density at radius 3 is 2.76 bits per heavy atom. The van der Waals surface area contributed by atoms with Gasteiger partial charge in [0, 0.05) is 47.7 Å². The molecule has 0 fully saturated rings. The predicted molar refractivity (Wildman–Crippen MR) is 99.4 cm³/mol. The second-order valence-corrected chi connectivity index (χ2v) is 6.24. The van der Waals surface area contributed by atoms with Crippen LogP contribution in [0.5, 0.6) is 5.75 Å². The summed E-state index contributed by atoms with van der Waals surface area (Å²) in [6, 6.07) is 15.9. The van der Waals surface area contributed by atoms with Crippen molar-refractivity contribution in [2.75, 3.05) is 13.7 Å². The molecule has 0 aliphatic carbocycles. The number of carbonyl (C=O) groups is 1. The summed E-state index contributed by atoms with van der Waals surface area (Å²) in [7, 11) is 1.64. The molecule has 4 rings (SSSR count). The molecule has 25 heavy (non-hydrogen) atoms. The number of carbonyl (C=O) groups excluding carboxylic acids is 1. The molecule has 2 heterocycles. The number of aromatic amines is 1. The van der Waals surface area contributed by atoms with Crippen LogP contribution in [0, 0.1) is 0 Å². The maximum absolute atomic E-state index is 12.6. The number of nitrogens with one attached hydrogen (secondary N) is 1. The fourth-order valence-electron chi connectivity index (χ4n) is 3.34. The van der Waals surface area contributed by atoms with Crippen LogP contribution in [0.25, 0.3) is 17.0 Å². The van der Waals surface area contributed by atoms with Crippen molar-refractivity contribution in [2.45, 2.75) is 13.0 Å². The van der Waals surface area contributed by atoms with E-state index in [1.54, 1.807) is 13.2 Å². The van der Waals surface area contributed by atoms with Crippen LogP contribution >= 0.6 is 0 Å². The van der Waals surface area contributed by atoms with Gasteiger partial charge in [0.1, 0.15) is 5.75 Å². The molecule has 1 aliphatic heterocycles. The molecule has 1 aliphatic rings. The lowest BCUT2D eigenvalue weighted by atomic mass is 10.0. The average Bonchev–Trinajstić information content (AvgIpc) is 3.04. The van der Waals surface area contributed by atoms with Gasteiger partial charge >= 0.3 is 0 Å². The average molecular weight is 332 g/mol. The van der Waals surface area contributed by atoms with Gasteiger partial charge in [-0.15, -0.1) is 0 Å². The second-order valence-electron chi connectivity index (χ2n) is 6.24. The zero-order valence-electron chi connectivity index (χ0n) is 14.2. The lowest BCUT2D eigenvalue weighted by molar-refractivity contribution is -0.126. The molecule has 3 aromatic rings. The Morgan fingerprint density at radius 2 is 1.96 bits per heavy atom. The number of H-pyrrole nitrogens is 1. The van der Waals surface area contributed by atoms with Crippen LogP contribution in [0.2, 0.25) is 0 Å². The highest BCUT2D eigenvalue weighted by Crippen LogP contribution is 2.27. The van der Waals surface area contributed by atoms with Crippen molar-refractivity contribution in [1.82, 2.24) is 9.88 Å². The number of para-hydroxylation sites is 1. The summed E-state index contributed by atoms with van der Waals surface area (Å²) in [6.45, 7) is 1.40. The standard InChI is InChI=1S/C21H20N2O2/c1-25-16-9-6-15(7-10-16)8-11-21(24)23-13-12-20-18(14-23)17-4-2-3-5-19(17)22-20/h2-11,22H,12-14H2,1H3/b11-8+. The largest absolute Gasteiger partial charge is 0.497 e. The van der Waals surface area contributed by atoms with Crippen LogP contribution in [-0.4, -0.2) is 29.4 Å². The van der Waals surface area contributed by atoms with Crippen molar-refractivity contribution >= 4 is 22.9 Å². The first-order valence-corrected chi connectivity index (χ1v) is 8.44. The Morgan fingerprint density at radius 1 is 1.16 bits per heavy atom. The SMILES string of the molecule is COc1ccc(/C=C/C(=O)N2CCc3[nH]c4ccccc4c3C2)cc1. The fraction of sp³-hybridized carbons (Fsp3) is 0.190. The van der Waals surface area contributed by atoms with Crippen LogP contribution in [0.3, 0.4) is 0 Å². The smallest absolute Gasteiger partial charge is 0.246 e. The summed E-state index contributed by atoms with van der Waals surface area (Å²) in [5.41, 5.74) is 4.63. The van der Waals surface area contributed by atoms with Gasteiger partial charge in [0.05, 0.1) is 7.11 Å². The Kier molecular flexibility index (Phi) is 4.02. The maximum atomic E-state index is 12.6. The molecule has 0 bridgehead atoms. The first-order chi connectivity index (χ1) is 12.2. The van der Waals surface area contributed by atoms with Crippen molar-refractivity contribution in [3.63, 3.8) is 0 Å². The molecule has 4 heteroatoms. The van der Waals surface area contributed by atoms with E-state index in [1.165, 1.54) is 16.6 Å². The van der Waals surface area contributed by atoms with Gasteiger partial charge in [-0.25, -0.2) is 0 Å². The van der Waals surface area contributed by atoms with Crippen molar-refractivity contribution < 1.29 is 9.53 Å². The molecule has 0 radical (unpaired) electrons. The minimum Gasteiger partial charge on any atom is -0.497 e. The van der Waals surface area contributed by atoms with Gasteiger partial charge in [0.25, 0.3) is 0 Å². The molecule has 1 aromatic heterocycles. The number of methoxy groups -OCH3 is 1. The number of rotatable bonds is 3. The van der Waals surface area contributed by atoms with Crippen LogP contribution in [0.15, 0.2) is 54.6 Å². The van der Waals surface area contributed by atoms with E-state index in [1.807, 2.05) is 47.4 Å². The van der Waals surface area contributed by atoms with Crippen molar-refractivity contribution in [3.05, 3.63) is 71.4 Å². The second kappa shape index (κ2) is 6.48. The van der Waals surface area contributed by atoms with E-state index < -0.39 is 0 Å². The number of ether oxygens (including phenoxy) is 1. The van der Waals surface area contributed by atoms with Gasteiger partial charge in [0.2, 0.25) is 5.91 Å². The van der Waals surface area contributed by atoms with E-state index in [4.69, 9.17) is 4.74 Å². The zero-order valence-corrected chi connectivity index (χ0v) is 14.2. The summed E-state index contributed by atoms with van der Waals surface area (Å²) >= 11 is 0. The molecular formula is C21H20N2O2. The molecule has 0 spiro atoms. The van der Waals surface area contributed by atoms with Crippen LogP contribution in [0.4, 0.5) is 0 Å². The lowest BCUT2D eigenvalue weighted by Gasteiger charge is -2.26. The molecule has 0 saturated carbocycles. The Bertz CT molecular complexity index is 938. The first-order valence-electron chi connectivity index (χ1n) is 8.44. The number of benzene rings is 2. The first kappa shape index (κ1) is 15.5. The third-order valence-electron chi connectivity index (χ3n) is 4.73. The highest BCUT2D eigenvalue weighted by molar-refractivity contribution is 5.93. The summed E-state index contributed by atoms with van der Waals surface area (Å²) in [5, 5.41) is 1.22. The van der Waals surface area contributed by atoms with Crippen molar-refractivity contribution in [1.29, 1.82) is 0 Å². The molecule has 1 N–H and O–H groups in total. The van der Waals surface area contributed by atoms with Gasteiger partial charge in [-0.05, 0) is 29.8 Å². The summed E-state index contributed by atoms with van der Waals surface area (Å²) in [5.74, 6) is 0.859. The molecule has 0 saturated heterocycles. The normalized spacial score (nSPS) is 14.0. The van der Waals surface area contributed by atoms with E-state index in [0.717, 1.165) is 29.8 Å². The van der Waals surface area contributed by atoms with Crippen LogP contribution < -0.4 is 4.74 Å². The van der Waals surface area contributed by atoms with E-state index in [2.05, 4.69) is 17.1 Å². The number of fused-ring (bicyclic) bond motifs is 3. The molecule has 1 amide bonds. The third kappa shape index (κ3) is 3.03. The highest BCUT2D eigenvalue weighted by atomic mass is 16.5. The Labute approximate surface area is 146 Å². The molecule has 4 nitrogen and oxygen atoms in total. The minimum absolute atomic E-state index is 0.0479. The van der Waals surface area contributed by atoms with E-state index in [-0.39, 0.29) is 5.91 Å². The molecular weight excluding hydrogens is 312 g/mol. The summed E-state index contributed by atoms with van der Waals surface area (Å²) < 4.78 is 5.15.